The first-order valence-corrected chi connectivity index (χ1v) is 10.6. The van der Waals surface area contributed by atoms with Gasteiger partial charge in [-0.2, -0.15) is 0 Å². The second-order valence-electron chi connectivity index (χ2n) is 6.79. The number of aromatic nitrogens is 2. The van der Waals surface area contributed by atoms with E-state index >= 15 is 0 Å². The molecule has 0 fully saturated rings. The van der Waals surface area contributed by atoms with Crippen molar-refractivity contribution in [1.82, 2.24) is 9.38 Å². The monoisotopic (exact) mass is 488 g/mol. The Balaban J connectivity index is 1.84. The van der Waals surface area contributed by atoms with Crippen molar-refractivity contribution in [3.63, 3.8) is 0 Å². The molecular formula is C21H17BrN2O5S. The molecule has 154 valence electrons. The number of aliphatic carboxylic acids is 1. The SMILES string of the molecule is COc1cc(/C=c2/sc3nc4cc(C)c(C)cc4n3c2=O)cc(Br)c1OCC(=O)O. The quantitative estimate of drug-likeness (QED) is 0.463. The summed E-state index contributed by atoms with van der Waals surface area (Å²) in [6.45, 7) is 3.54. The molecule has 4 rings (SSSR count). The number of fused-ring (bicyclic) bond motifs is 3. The first-order chi connectivity index (χ1) is 14.3. The van der Waals surface area contributed by atoms with E-state index < -0.39 is 12.6 Å². The molecule has 0 saturated carbocycles. The van der Waals surface area contributed by atoms with E-state index in [1.807, 2.05) is 26.0 Å². The van der Waals surface area contributed by atoms with Crippen LogP contribution in [-0.2, 0) is 4.79 Å². The first-order valence-electron chi connectivity index (χ1n) is 8.94. The summed E-state index contributed by atoms with van der Waals surface area (Å²) in [5, 5.41) is 8.84. The summed E-state index contributed by atoms with van der Waals surface area (Å²) in [7, 11) is 1.47. The summed E-state index contributed by atoms with van der Waals surface area (Å²) in [5.74, 6) is -0.436. The molecule has 0 radical (unpaired) electrons. The zero-order chi connectivity index (χ0) is 21.6. The molecule has 1 N–H and O–H groups in total. The molecule has 0 bridgehead atoms. The zero-order valence-corrected chi connectivity index (χ0v) is 18.8. The van der Waals surface area contributed by atoms with E-state index in [-0.39, 0.29) is 11.3 Å². The third kappa shape index (κ3) is 3.54. The number of ether oxygens (including phenoxy) is 2. The lowest BCUT2D eigenvalue weighted by atomic mass is 10.1. The van der Waals surface area contributed by atoms with Gasteiger partial charge >= 0.3 is 5.97 Å². The second-order valence-corrected chi connectivity index (χ2v) is 8.65. The van der Waals surface area contributed by atoms with Gasteiger partial charge in [-0.15, -0.1) is 0 Å². The molecular weight excluding hydrogens is 472 g/mol. The van der Waals surface area contributed by atoms with Gasteiger partial charge in [0.05, 0.1) is 27.1 Å². The summed E-state index contributed by atoms with van der Waals surface area (Å²) in [6.07, 6.45) is 1.75. The second kappa shape index (κ2) is 7.73. The van der Waals surface area contributed by atoms with Crippen molar-refractivity contribution >= 4 is 55.3 Å². The van der Waals surface area contributed by atoms with E-state index in [2.05, 4.69) is 20.9 Å². The number of hydrogen-bond donors (Lipinski definition) is 1. The predicted molar refractivity (Wildman–Crippen MR) is 119 cm³/mol. The summed E-state index contributed by atoms with van der Waals surface area (Å²) in [6, 6.07) is 7.41. The Morgan fingerprint density at radius 2 is 2.00 bits per heavy atom. The first kappa shape index (κ1) is 20.4. The maximum atomic E-state index is 13.1. The van der Waals surface area contributed by atoms with Crippen molar-refractivity contribution in [3.05, 3.63) is 60.3 Å². The van der Waals surface area contributed by atoms with Crippen molar-refractivity contribution in [3.8, 4) is 11.5 Å². The number of carbonyl (C=O) groups is 1. The average molecular weight is 489 g/mol. The molecule has 0 unspecified atom stereocenters. The molecule has 0 amide bonds. The van der Waals surface area contributed by atoms with Gasteiger partial charge in [-0.3, -0.25) is 4.79 Å². The topological polar surface area (TPSA) is 90.1 Å². The van der Waals surface area contributed by atoms with Gasteiger partial charge in [-0.25, -0.2) is 14.2 Å². The standard InChI is InChI=1S/C21H17BrN2O5S/c1-10-4-14-15(5-11(10)2)24-20(27)17(30-21(24)23-14)8-12-6-13(22)19(16(7-12)28-3)29-9-18(25)26/h4-8H,9H2,1-3H3,(H,25,26)/b17-8+. The van der Waals surface area contributed by atoms with Crippen LogP contribution < -0.4 is 19.6 Å². The van der Waals surface area contributed by atoms with E-state index in [0.717, 1.165) is 22.2 Å². The Morgan fingerprint density at radius 1 is 1.27 bits per heavy atom. The van der Waals surface area contributed by atoms with Crippen LogP contribution in [0.2, 0.25) is 0 Å². The molecule has 0 saturated heterocycles. The number of carboxylic acid groups (broad SMARTS) is 1. The lowest BCUT2D eigenvalue weighted by molar-refractivity contribution is -0.139. The number of hydrogen-bond acceptors (Lipinski definition) is 6. The molecule has 2 aromatic heterocycles. The van der Waals surface area contributed by atoms with Crippen LogP contribution in [0.15, 0.2) is 33.5 Å². The summed E-state index contributed by atoms with van der Waals surface area (Å²) >= 11 is 4.70. The van der Waals surface area contributed by atoms with Crippen LogP contribution in [0.3, 0.4) is 0 Å². The van der Waals surface area contributed by atoms with Crippen molar-refractivity contribution < 1.29 is 19.4 Å². The van der Waals surface area contributed by atoms with Gasteiger partial charge in [0.2, 0.25) is 0 Å². The van der Waals surface area contributed by atoms with Gasteiger partial charge in [0.25, 0.3) is 5.56 Å². The Labute approximate surface area is 183 Å². The summed E-state index contributed by atoms with van der Waals surface area (Å²) in [5.41, 5.74) is 4.41. The summed E-state index contributed by atoms with van der Waals surface area (Å²) < 4.78 is 13.3. The van der Waals surface area contributed by atoms with Crippen LogP contribution in [0.5, 0.6) is 11.5 Å². The molecule has 2 heterocycles. The number of imidazole rings is 1. The third-order valence-electron chi connectivity index (χ3n) is 4.74. The zero-order valence-electron chi connectivity index (χ0n) is 16.4. The molecule has 2 aromatic carbocycles. The van der Waals surface area contributed by atoms with Crippen LogP contribution in [0, 0.1) is 13.8 Å². The molecule has 7 nitrogen and oxygen atoms in total. The smallest absolute Gasteiger partial charge is 0.341 e. The fraction of sp³-hybridized carbons (Fsp3) is 0.190. The highest BCUT2D eigenvalue weighted by Gasteiger charge is 2.15. The third-order valence-corrected chi connectivity index (χ3v) is 6.30. The van der Waals surface area contributed by atoms with Gasteiger partial charge in [-0.05, 0) is 76.8 Å². The highest BCUT2D eigenvalue weighted by atomic mass is 79.9. The van der Waals surface area contributed by atoms with E-state index in [9.17, 15) is 9.59 Å². The number of carboxylic acids is 1. The molecule has 0 aliphatic carbocycles. The minimum Gasteiger partial charge on any atom is -0.493 e. The van der Waals surface area contributed by atoms with Crippen LogP contribution in [-0.4, -0.2) is 34.2 Å². The molecule has 0 aliphatic rings. The fourth-order valence-electron chi connectivity index (χ4n) is 3.17. The number of nitrogens with zero attached hydrogens (tertiary/aromatic N) is 2. The lowest BCUT2D eigenvalue weighted by Crippen LogP contribution is -2.22. The lowest BCUT2D eigenvalue weighted by Gasteiger charge is -2.12. The van der Waals surface area contributed by atoms with Crippen LogP contribution in [0.1, 0.15) is 16.7 Å². The van der Waals surface area contributed by atoms with E-state index in [0.29, 0.717) is 25.3 Å². The van der Waals surface area contributed by atoms with Gasteiger partial charge in [0.15, 0.2) is 23.1 Å². The fourth-order valence-corrected chi connectivity index (χ4v) is 4.73. The van der Waals surface area contributed by atoms with Gasteiger partial charge < -0.3 is 14.6 Å². The van der Waals surface area contributed by atoms with Crippen molar-refractivity contribution in [1.29, 1.82) is 0 Å². The van der Waals surface area contributed by atoms with Crippen LogP contribution in [0.4, 0.5) is 0 Å². The normalized spacial score (nSPS) is 12.1. The Bertz CT molecular complexity index is 1420. The van der Waals surface area contributed by atoms with E-state index in [4.69, 9.17) is 14.6 Å². The number of benzene rings is 2. The van der Waals surface area contributed by atoms with Gasteiger partial charge in [0, 0.05) is 0 Å². The van der Waals surface area contributed by atoms with Crippen molar-refractivity contribution in [2.75, 3.05) is 13.7 Å². The Hall–Kier alpha value is -2.91. The minimum atomic E-state index is -1.09. The van der Waals surface area contributed by atoms with Gasteiger partial charge in [-0.1, -0.05) is 11.3 Å². The molecule has 30 heavy (non-hydrogen) atoms. The number of aryl methyl sites for hydroxylation is 2. The van der Waals surface area contributed by atoms with Crippen molar-refractivity contribution in [2.45, 2.75) is 13.8 Å². The highest BCUT2D eigenvalue weighted by molar-refractivity contribution is 9.10. The molecule has 4 aromatic rings. The van der Waals surface area contributed by atoms with Crippen LogP contribution >= 0.6 is 27.3 Å². The highest BCUT2D eigenvalue weighted by Crippen LogP contribution is 2.37. The average Bonchev–Trinajstić information content (AvgIpc) is 3.17. The Morgan fingerprint density at radius 3 is 2.70 bits per heavy atom. The largest absolute Gasteiger partial charge is 0.493 e. The summed E-state index contributed by atoms with van der Waals surface area (Å²) in [4.78, 5) is 29.1. The number of halogens is 1. The van der Waals surface area contributed by atoms with E-state index in [1.54, 1.807) is 22.6 Å². The number of methoxy groups -OCH3 is 1. The molecule has 9 heteroatoms. The number of thiazole rings is 1. The molecule has 0 aliphatic heterocycles. The molecule has 0 spiro atoms. The molecule has 0 atom stereocenters. The Kier molecular flexibility index (Phi) is 5.25. The van der Waals surface area contributed by atoms with Crippen molar-refractivity contribution in [2.24, 2.45) is 0 Å². The van der Waals surface area contributed by atoms with Gasteiger partial charge in [0.1, 0.15) is 0 Å². The van der Waals surface area contributed by atoms with Crippen LogP contribution in [0.25, 0.3) is 22.1 Å². The minimum absolute atomic E-state index is 0.137. The maximum absolute atomic E-state index is 13.1. The maximum Gasteiger partial charge on any atom is 0.341 e. The predicted octanol–water partition coefficient (Wildman–Crippen LogP) is 3.31. The van der Waals surface area contributed by atoms with E-state index in [1.165, 1.54) is 18.4 Å². The number of rotatable bonds is 5.